The van der Waals surface area contributed by atoms with Gasteiger partial charge >= 0.3 is 6.18 Å². The first kappa shape index (κ1) is 27.0. The predicted octanol–water partition coefficient (Wildman–Crippen LogP) is 4.74. The van der Waals surface area contributed by atoms with E-state index in [9.17, 15) is 26.4 Å². The van der Waals surface area contributed by atoms with Gasteiger partial charge in [-0.25, -0.2) is 18.5 Å². The molecule has 0 aliphatic rings. The number of halogens is 4. The molecule has 204 valence electrons. The second-order valence-electron chi connectivity index (χ2n) is 9.40. The lowest BCUT2D eigenvalue weighted by Crippen LogP contribution is -2.18. The molecule has 0 atom stereocenters. The number of nitrogens with one attached hydrogen (secondary N) is 1. The Morgan fingerprint density at radius 1 is 1.15 bits per heavy atom. The number of imidazole rings is 1. The fourth-order valence-electron chi connectivity index (χ4n) is 4.78. The normalized spacial score (nSPS) is 12.6. The van der Waals surface area contributed by atoms with Crippen LogP contribution >= 0.6 is 11.6 Å². The molecule has 3 N–H and O–H groups in total. The molecule has 13 heteroatoms. The first-order chi connectivity index (χ1) is 18.2. The van der Waals surface area contributed by atoms with E-state index < -0.39 is 26.8 Å². The maximum absolute atomic E-state index is 13.2. The molecule has 5 aromatic rings. The van der Waals surface area contributed by atoms with Crippen molar-refractivity contribution in [2.24, 2.45) is 12.2 Å². The van der Waals surface area contributed by atoms with Crippen LogP contribution in [0.4, 0.5) is 13.2 Å². The number of alkyl halides is 3. The molecule has 5 rings (SSSR count). The number of hydrogen-bond donors (Lipinski definition) is 2. The van der Waals surface area contributed by atoms with Crippen LogP contribution in [0.15, 0.2) is 53.6 Å². The van der Waals surface area contributed by atoms with Crippen molar-refractivity contribution in [2.45, 2.75) is 26.1 Å². The summed E-state index contributed by atoms with van der Waals surface area (Å²) in [4.78, 5) is 20.2. The number of primary sulfonamides is 1. The molecular weight excluding hydrogens is 555 g/mol. The Bertz CT molecular complexity index is 1920. The first-order valence-electron chi connectivity index (χ1n) is 11.8. The van der Waals surface area contributed by atoms with Crippen LogP contribution in [0.5, 0.6) is 0 Å². The Balaban J connectivity index is 1.70. The van der Waals surface area contributed by atoms with E-state index in [-0.39, 0.29) is 24.3 Å². The summed E-state index contributed by atoms with van der Waals surface area (Å²) < 4.78 is 66.4. The van der Waals surface area contributed by atoms with Crippen molar-refractivity contribution in [3.05, 3.63) is 86.7 Å². The molecule has 0 radical (unpaired) electrons. The largest absolute Gasteiger partial charge is 0.417 e. The minimum Gasteiger partial charge on any atom is -0.357 e. The molecule has 0 amide bonds. The van der Waals surface area contributed by atoms with E-state index >= 15 is 0 Å². The fourth-order valence-corrected chi connectivity index (χ4v) is 5.59. The van der Waals surface area contributed by atoms with Crippen LogP contribution in [0.3, 0.4) is 0 Å². The molecule has 0 spiro atoms. The van der Waals surface area contributed by atoms with Gasteiger partial charge < -0.3 is 14.1 Å². The standard InChI is InChI=1S/C26H23ClF3N5O3S/c1-14-33-23-16(6-8-39(31,37)38)10-17(19-13-34(2)25(36)24-18(19)5-7-32-24)11-22(23)35(14)12-15-3-4-20(21(27)9-15)26(28,29)30/h3-5,7,9-11,13,32H,6,8,12H2,1-2H3,(H2,31,37,38). The molecule has 0 fully saturated rings. The molecule has 0 saturated carbocycles. The Labute approximate surface area is 225 Å². The highest BCUT2D eigenvalue weighted by Crippen LogP contribution is 2.36. The number of aromatic nitrogens is 4. The summed E-state index contributed by atoms with van der Waals surface area (Å²) in [5.74, 6) is 0.265. The van der Waals surface area contributed by atoms with Crippen molar-refractivity contribution in [3.8, 4) is 11.1 Å². The number of pyridine rings is 1. The smallest absolute Gasteiger partial charge is 0.357 e. The van der Waals surface area contributed by atoms with Crippen molar-refractivity contribution >= 4 is 43.6 Å². The second-order valence-corrected chi connectivity index (χ2v) is 11.5. The zero-order chi connectivity index (χ0) is 28.3. The fraction of sp³-hybridized carbons (Fsp3) is 0.231. The highest BCUT2D eigenvalue weighted by atomic mass is 35.5. The van der Waals surface area contributed by atoms with Gasteiger partial charge in [-0.1, -0.05) is 17.7 Å². The molecule has 0 aliphatic carbocycles. The quantitative estimate of drug-likeness (QED) is 0.303. The Kier molecular flexibility index (Phi) is 6.60. The van der Waals surface area contributed by atoms with Crippen molar-refractivity contribution < 1.29 is 21.6 Å². The van der Waals surface area contributed by atoms with Gasteiger partial charge in [0.15, 0.2) is 0 Å². The van der Waals surface area contributed by atoms with Crippen molar-refractivity contribution in [1.82, 2.24) is 19.1 Å². The monoisotopic (exact) mass is 577 g/mol. The number of hydrogen-bond acceptors (Lipinski definition) is 4. The van der Waals surface area contributed by atoms with E-state index in [0.717, 1.165) is 11.6 Å². The van der Waals surface area contributed by atoms with Crippen LogP contribution in [0.1, 0.15) is 22.5 Å². The third-order valence-corrected chi connectivity index (χ3v) is 7.75. The predicted molar refractivity (Wildman–Crippen MR) is 144 cm³/mol. The van der Waals surface area contributed by atoms with Crippen molar-refractivity contribution in [3.63, 3.8) is 0 Å². The number of nitrogens with two attached hydrogens (primary N) is 1. The molecule has 0 unspecified atom stereocenters. The number of aryl methyl sites for hydroxylation is 3. The summed E-state index contributed by atoms with van der Waals surface area (Å²) in [6.07, 6.45) is -1.11. The van der Waals surface area contributed by atoms with Gasteiger partial charge in [-0.15, -0.1) is 0 Å². The number of fused-ring (bicyclic) bond motifs is 2. The number of benzene rings is 2. The summed E-state index contributed by atoms with van der Waals surface area (Å²) in [7, 11) is -2.14. The van der Waals surface area contributed by atoms with Crippen molar-refractivity contribution in [2.75, 3.05) is 5.75 Å². The lowest BCUT2D eigenvalue weighted by molar-refractivity contribution is -0.137. The van der Waals surface area contributed by atoms with Crippen LogP contribution in [0.2, 0.25) is 5.02 Å². The van der Waals surface area contributed by atoms with Gasteiger partial charge in [-0.3, -0.25) is 4.79 Å². The van der Waals surface area contributed by atoms with E-state index in [4.69, 9.17) is 16.7 Å². The highest BCUT2D eigenvalue weighted by molar-refractivity contribution is 7.89. The van der Waals surface area contributed by atoms with E-state index in [0.29, 0.717) is 44.5 Å². The van der Waals surface area contributed by atoms with Crippen LogP contribution in [0.25, 0.3) is 33.1 Å². The van der Waals surface area contributed by atoms with Crippen molar-refractivity contribution in [1.29, 1.82) is 0 Å². The van der Waals surface area contributed by atoms with Gasteiger partial charge in [-0.05, 0) is 60.4 Å². The summed E-state index contributed by atoms with van der Waals surface area (Å²) in [5, 5.41) is 5.56. The molecule has 2 aromatic carbocycles. The third kappa shape index (κ3) is 5.19. The molecule has 3 aromatic heterocycles. The van der Waals surface area contributed by atoms with E-state index in [2.05, 4.69) is 9.97 Å². The van der Waals surface area contributed by atoms with Crippen LogP contribution in [0, 0.1) is 6.92 Å². The molecule has 0 bridgehead atoms. The SMILES string of the molecule is Cc1nc2c(CCS(N)(=O)=O)cc(-c3cn(C)c(=O)c4[nH]ccc34)cc2n1Cc1ccc(C(F)(F)F)c(Cl)c1. The molecule has 8 nitrogen and oxygen atoms in total. The van der Waals surface area contributed by atoms with Crippen LogP contribution < -0.4 is 10.7 Å². The van der Waals surface area contributed by atoms with Gasteiger partial charge in [0.05, 0.1) is 27.4 Å². The van der Waals surface area contributed by atoms with E-state index in [1.54, 1.807) is 32.4 Å². The summed E-state index contributed by atoms with van der Waals surface area (Å²) in [6, 6.07) is 9.06. The van der Waals surface area contributed by atoms with Gasteiger partial charge in [0.25, 0.3) is 5.56 Å². The number of aromatic amines is 1. The van der Waals surface area contributed by atoms with Gasteiger partial charge in [0.2, 0.25) is 10.0 Å². The van der Waals surface area contributed by atoms with Gasteiger partial charge in [-0.2, -0.15) is 13.2 Å². The maximum atomic E-state index is 13.2. The highest BCUT2D eigenvalue weighted by Gasteiger charge is 2.33. The lowest BCUT2D eigenvalue weighted by atomic mass is 9.99. The third-order valence-electron chi connectivity index (χ3n) is 6.66. The average Bonchev–Trinajstić information content (AvgIpc) is 3.44. The zero-order valence-corrected chi connectivity index (χ0v) is 22.4. The van der Waals surface area contributed by atoms with E-state index in [1.165, 1.54) is 16.7 Å². The maximum Gasteiger partial charge on any atom is 0.417 e. The zero-order valence-electron chi connectivity index (χ0n) is 20.8. The molecular formula is C26H23ClF3N5O3S. The Hall–Kier alpha value is -3.61. The van der Waals surface area contributed by atoms with Gasteiger partial charge in [0.1, 0.15) is 11.3 Å². The topological polar surface area (TPSA) is 116 Å². The minimum atomic E-state index is -4.57. The number of nitrogens with zero attached hydrogens (tertiary/aromatic N) is 3. The molecule has 0 saturated heterocycles. The number of sulfonamides is 1. The van der Waals surface area contributed by atoms with E-state index in [1.807, 2.05) is 16.7 Å². The second kappa shape index (κ2) is 9.54. The lowest BCUT2D eigenvalue weighted by Gasteiger charge is -2.14. The Morgan fingerprint density at radius 3 is 2.56 bits per heavy atom. The van der Waals surface area contributed by atoms with Gasteiger partial charge in [0, 0.05) is 36.9 Å². The number of rotatable bonds is 6. The summed E-state index contributed by atoms with van der Waals surface area (Å²) >= 11 is 5.95. The molecule has 39 heavy (non-hydrogen) atoms. The summed E-state index contributed by atoms with van der Waals surface area (Å²) in [6.45, 7) is 1.93. The molecule has 3 heterocycles. The first-order valence-corrected chi connectivity index (χ1v) is 13.9. The average molecular weight is 578 g/mol. The molecule has 0 aliphatic heterocycles. The minimum absolute atomic E-state index is 0.0910. The van der Waals surface area contributed by atoms with Crippen LogP contribution in [-0.4, -0.2) is 33.3 Å². The summed E-state index contributed by atoms with van der Waals surface area (Å²) in [5.41, 5.74) is 3.09. The van der Waals surface area contributed by atoms with Crippen LogP contribution in [-0.2, 0) is 36.2 Å². The number of H-pyrrole nitrogens is 1. The Morgan fingerprint density at radius 2 is 1.90 bits per heavy atom.